The van der Waals surface area contributed by atoms with Crippen molar-refractivity contribution < 1.29 is 5.11 Å². The molecule has 1 atom stereocenters. The number of hydrogen-bond donors (Lipinski definition) is 2. The van der Waals surface area contributed by atoms with E-state index in [0.29, 0.717) is 11.4 Å². The van der Waals surface area contributed by atoms with E-state index in [9.17, 15) is 5.11 Å². The predicted molar refractivity (Wildman–Crippen MR) is 56.5 cm³/mol. The van der Waals surface area contributed by atoms with Crippen LogP contribution in [0.25, 0.3) is 0 Å². The number of rotatable bonds is 3. The van der Waals surface area contributed by atoms with E-state index in [2.05, 4.69) is 15.2 Å². The molecule has 1 heterocycles. The van der Waals surface area contributed by atoms with E-state index in [1.54, 1.807) is 12.1 Å². The molecule has 2 N–H and O–H groups in total. The van der Waals surface area contributed by atoms with Crippen LogP contribution in [0.3, 0.4) is 0 Å². The zero-order valence-corrected chi connectivity index (χ0v) is 8.46. The molecule has 0 fully saturated rings. The molecule has 5 nitrogen and oxygen atoms in total. The molecular formula is C11H10N4O. The number of H-pyrrole nitrogens is 1. The Hall–Kier alpha value is -2.19. The largest absolute Gasteiger partial charge is 0.395 e. The van der Waals surface area contributed by atoms with Gasteiger partial charge >= 0.3 is 0 Å². The third-order valence-corrected chi connectivity index (χ3v) is 2.39. The quantitative estimate of drug-likeness (QED) is 0.791. The zero-order chi connectivity index (χ0) is 11.4. The second-order valence-electron chi connectivity index (χ2n) is 3.34. The highest BCUT2D eigenvalue weighted by Gasteiger charge is 2.15. The Morgan fingerprint density at radius 2 is 2.12 bits per heavy atom. The van der Waals surface area contributed by atoms with Gasteiger partial charge in [-0.1, -0.05) is 12.1 Å². The topological polar surface area (TPSA) is 85.6 Å². The number of nitrogens with one attached hydrogen (secondary N) is 1. The Labute approximate surface area is 92.4 Å². The number of nitrogens with zero attached hydrogens (tertiary/aromatic N) is 3. The second kappa shape index (κ2) is 4.55. The summed E-state index contributed by atoms with van der Waals surface area (Å²) in [6.07, 6.45) is 1.40. The molecule has 2 rings (SSSR count). The smallest absolute Gasteiger partial charge is 0.137 e. The molecule has 2 aromatic rings. The molecule has 5 heteroatoms. The van der Waals surface area contributed by atoms with Crippen LogP contribution in [0, 0.1) is 11.3 Å². The van der Waals surface area contributed by atoms with Gasteiger partial charge in [-0.25, -0.2) is 4.98 Å². The van der Waals surface area contributed by atoms with Crippen molar-refractivity contribution in [1.29, 1.82) is 5.26 Å². The number of aromatic nitrogens is 3. The average Bonchev–Trinajstić information content (AvgIpc) is 2.85. The molecule has 0 spiro atoms. The lowest BCUT2D eigenvalue weighted by Gasteiger charge is -2.10. The van der Waals surface area contributed by atoms with Crippen LogP contribution in [0.4, 0.5) is 0 Å². The maximum atomic E-state index is 9.32. The number of aliphatic hydroxyl groups excluding tert-OH is 1. The van der Waals surface area contributed by atoms with Crippen LogP contribution in [-0.2, 0) is 0 Å². The molecule has 1 aromatic heterocycles. The van der Waals surface area contributed by atoms with E-state index >= 15 is 0 Å². The van der Waals surface area contributed by atoms with E-state index in [1.165, 1.54) is 6.33 Å². The summed E-state index contributed by atoms with van der Waals surface area (Å²) >= 11 is 0. The van der Waals surface area contributed by atoms with Gasteiger partial charge in [0.25, 0.3) is 0 Å². The van der Waals surface area contributed by atoms with E-state index in [4.69, 9.17) is 5.26 Å². The third kappa shape index (κ3) is 1.92. The summed E-state index contributed by atoms with van der Waals surface area (Å²) < 4.78 is 0. The molecule has 1 unspecified atom stereocenters. The first kappa shape index (κ1) is 10.3. The van der Waals surface area contributed by atoms with Gasteiger partial charge in [-0.2, -0.15) is 10.4 Å². The van der Waals surface area contributed by atoms with Gasteiger partial charge in [0.2, 0.25) is 0 Å². The Bertz CT molecular complexity index is 484. The number of hydrogen-bond acceptors (Lipinski definition) is 4. The fraction of sp³-hybridized carbons (Fsp3) is 0.182. The fourth-order valence-corrected chi connectivity index (χ4v) is 1.52. The summed E-state index contributed by atoms with van der Waals surface area (Å²) in [4.78, 5) is 4.01. The van der Waals surface area contributed by atoms with Gasteiger partial charge in [-0.05, 0) is 17.7 Å². The van der Waals surface area contributed by atoms with Crippen molar-refractivity contribution in [2.45, 2.75) is 5.92 Å². The Balaban J connectivity index is 2.31. The molecule has 0 aliphatic rings. The van der Waals surface area contributed by atoms with Crippen LogP contribution in [0.5, 0.6) is 0 Å². The first-order chi connectivity index (χ1) is 7.85. The lowest BCUT2D eigenvalue weighted by molar-refractivity contribution is 0.277. The molecule has 0 radical (unpaired) electrons. The van der Waals surface area contributed by atoms with Crippen LogP contribution in [-0.4, -0.2) is 26.9 Å². The van der Waals surface area contributed by atoms with E-state index in [1.807, 2.05) is 18.2 Å². The summed E-state index contributed by atoms with van der Waals surface area (Å²) in [7, 11) is 0. The average molecular weight is 214 g/mol. The summed E-state index contributed by atoms with van der Waals surface area (Å²) in [6.45, 7) is -0.0545. The Morgan fingerprint density at radius 3 is 2.62 bits per heavy atom. The molecule has 16 heavy (non-hydrogen) atoms. The van der Waals surface area contributed by atoms with Crippen LogP contribution < -0.4 is 0 Å². The van der Waals surface area contributed by atoms with Crippen molar-refractivity contribution in [3.05, 3.63) is 47.5 Å². The monoisotopic (exact) mass is 214 g/mol. The van der Waals surface area contributed by atoms with Crippen LogP contribution >= 0.6 is 0 Å². The van der Waals surface area contributed by atoms with Gasteiger partial charge in [-0.3, -0.25) is 5.10 Å². The molecule has 0 aliphatic heterocycles. The van der Waals surface area contributed by atoms with Crippen LogP contribution in [0.15, 0.2) is 30.6 Å². The van der Waals surface area contributed by atoms with Crippen LogP contribution in [0.2, 0.25) is 0 Å². The molecule has 1 aromatic carbocycles. The summed E-state index contributed by atoms with van der Waals surface area (Å²) in [5.74, 6) is 0.391. The van der Waals surface area contributed by atoms with Crippen molar-refractivity contribution in [2.24, 2.45) is 0 Å². The van der Waals surface area contributed by atoms with Gasteiger partial charge in [0, 0.05) is 0 Å². The van der Waals surface area contributed by atoms with Crippen molar-refractivity contribution >= 4 is 0 Å². The van der Waals surface area contributed by atoms with Gasteiger partial charge in [0.15, 0.2) is 0 Å². The molecule has 0 aliphatic carbocycles. The van der Waals surface area contributed by atoms with E-state index < -0.39 is 0 Å². The highest BCUT2D eigenvalue weighted by Crippen LogP contribution is 2.20. The molecule has 0 saturated carbocycles. The summed E-state index contributed by atoms with van der Waals surface area (Å²) in [5, 5.41) is 24.5. The minimum absolute atomic E-state index is 0.0545. The number of aliphatic hydroxyl groups is 1. The zero-order valence-electron chi connectivity index (χ0n) is 8.46. The highest BCUT2D eigenvalue weighted by atomic mass is 16.3. The van der Waals surface area contributed by atoms with E-state index in [-0.39, 0.29) is 12.5 Å². The molecule has 0 bridgehead atoms. The number of aromatic amines is 1. The fourth-order valence-electron chi connectivity index (χ4n) is 1.52. The predicted octanol–water partition coefficient (Wildman–Crippen LogP) is 0.801. The first-order valence-corrected chi connectivity index (χ1v) is 4.81. The Kier molecular flexibility index (Phi) is 2.94. The van der Waals surface area contributed by atoms with Crippen molar-refractivity contribution in [1.82, 2.24) is 15.2 Å². The van der Waals surface area contributed by atoms with E-state index in [0.717, 1.165) is 5.56 Å². The minimum atomic E-state index is -0.227. The maximum absolute atomic E-state index is 9.32. The number of benzene rings is 1. The van der Waals surface area contributed by atoms with Crippen molar-refractivity contribution in [3.8, 4) is 6.07 Å². The minimum Gasteiger partial charge on any atom is -0.395 e. The lowest BCUT2D eigenvalue weighted by atomic mass is 9.98. The SMILES string of the molecule is N#Cc1ccc(C(CO)c2ncn[nH]2)cc1. The van der Waals surface area contributed by atoms with Gasteiger partial charge in [0.05, 0.1) is 24.2 Å². The lowest BCUT2D eigenvalue weighted by Crippen LogP contribution is -2.08. The van der Waals surface area contributed by atoms with Crippen molar-refractivity contribution in [3.63, 3.8) is 0 Å². The normalized spacial score (nSPS) is 12.0. The van der Waals surface area contributed by atoms with Gasteiger partial charge < -0.3 is 5.11 Å². The Morgan fingerprint density at radius 1 is 1.38 bits per heavy atom. The van der Waals surface area contributed by atoms with Gasteiger partial charge in [-0.15, -0.1) is 0 Å². The molecule has 0 saturated heterocycles. The highest BCUT2D eigenvalue weighted by molar-refractivity contribution is 5.34. The van der Waals surface area contributed by atoms with Crippen molar-refractivity contribution in [2.75, 3.05) is 6.61 Å². The molecule has 0 amide bonds. The second-order valence-corrected chi connectivity index (χ2v) is 3.34. The first-order valence-electron chi connectivity index (χ1n) is 4.81. The standard InChI is InChI=1S/C11H10N4O/c12-5-8-1-3-9(4-2-8)10(6-16)11-13-7-14-15-11/h1-4,7,10,16H,6H2,(H,13,14,15). The van der Waals surface area contributed by atoms with Gasteiger partial charge in [0.1, 0.15) is 12.2 Å². The summed E-state index contributed by atoms with van der Waals surface area (Å²) in [6, 6.07) is 9.10. The third-order valence-electron chi connectivity index (χ3n) is 2.39. The van der Waals surface area contributed by atoms with Crippen LogP contribution in [0.1, 0.15) is 22.9 Å². The summed E-state index contributed by atoms with van der Waals surface area (Å²) in [5.41, 5.74) is 1.50. The molecule has 80 valence electrons. The number of nitriles is 1. The molecular weight excluding hydrogens is 204 g/mol. The maximum Gasteiger partial charge on any atom is 0.137 e.